The van der Waals surface area contributed by atoms with Crippen LogP contribution in [0, 0.1) is 0 Å². The van der Waals surface area contributed by atoms with Crippen LogP contribution in [0.1, 0.15) is 24.2 Å². The van der Waals surface area contributed by atoms with E-state index in [4.69, 9.17) is 21.1 Å². The third kappa shape index (κ3) is 5.93. The number of carbonyl (C=O) groups is 2. The molecule has 138 valence electrons. The maximum absolute atomic E-state index is 12.2. The molecular weight excluding hydrogens is 424 g/mol. The Morgan fingerprint density at radius 1 is 1.12 bits per heavy atom. The van der Waals surface area contributed by atoms with Crippen molar-refractivity contribution >= 4 is 39.3 Å². The highest BCUT2D eigenvalue weighted by molar-refractivity contribution is 9.10. The molecule has 0 saturated carbocycles. The van der Waals surface area contributed by atoms with Crippen molar-refractivity contribution in [3.63, 3.8) is 0 Å². The van der Waals surface area contributed by atoms with E-state index in [1.165, 1.54) is 0 Å². The second kappa shape index (κ2) is 9.45. The van der Waals surface area contributed by atoms with Crippen molar-refractivity contribution in [1.29, 1.82) is 0 Å². The van der Waals surface area contributed by atoms with Gasteiger partial charge < -0.3 is 9.47 Å². The maximum Gasteiger partial charge on any atom is 0.276 e. The van der Waals surface area contributed by atoms with Crippen LogP contribution in [0.15, 0.2) is 46.9 Å². The van der Waals surface area contributed by atoms with E-state index < -0.39 is 11.8 Å². The number of carbonyl (C=O) groups excluding carboxylic acids is 2. The summed E-state index contributed by atoms with van der Waals surface area (Å²) in [5.74, 6) is -0.0909. The molecule has 0 radical (unpaired) electrons. The Bertz CT molecular complexity index is 799. The van der Waals surface area contributed by atoms with Gasteiger partial charge in [0.25, 0.3) is 11.8 Å². The molecule has 0 saturated heterocycles. The highest BCUT2D eigenvalue weighted by atomic mass is 79.9. The van der Waals surface area contributed by atoms with Gasteiger partial charge in [-0.25, -0.2) is 0 Å². The van der Waals surface area contributed by atoms with Gasteiger partial charge in [0.15, 0.2) is 6.61 Å². The van der Waals surface area contributed by atoms with Crippen molar-refractivity contribution in [3.8, 4) is 11.5 Å². The fourth-order valence-corrected chi connectivity index (χ4v) is 2.77. The Balaban J connectivity index is 1.88. The first-order valence-electron chi connectivity index (χ1n) is 7.79. The number of hydrogen-bond donors (Lipinski definition) is 2. The standard InChI is InChI=1S/C18H18BrClN2O4/c1-11(2)26-15-6-4-3-5-13(15)18(24)22-21-17(23)10-25-16-8-7-12(20)9-14(16)19/h3-9,11H,10H2,1-2H3,(H,21,23)(H,22,24). The quantitative estimate of drug-likeness (QED) is 0.670. The van der Waals surface area contributed by atoms with E-state index >= 15 is 0 Å². The lowest BCUT2D eigenvalue weighted by Crippen LogP contribution is -2.44. The molecule has 0 unspecified atom stereocenters. The molecule has 0 aliphatic rings. The van der Waals surface area contributed by atoms with Gasteiger partial charge in [0.1, 0.15) is 11.5 Å². The second-order valence-corrected chi connectivity index (χ2v) is 6.82. The molecule has 0 spiro atoms. The van der Waals surface area contributed by atoms with Crippen LogP contribution in [0.25, 0.3) is 0 Å². The molecule has 2 aromatic carbocycles. The van der Waals surface area contributed by atoms with E-state index in [2.05, 4.69) is 26.8 Å². The van der Waals surface area contributed by atoms with Crippen molar-refractivity contribution in [2.24, 2.45) is 0 Å². The summed E-state index contributed by atoms with van der Waals surface area (Å²) in [6.45, 7) is 3.45. The summed E-state index contributed by atoms with van der Waals surface area (Å²) in [6.07, 6.45) is -0.0789. The summed E-state index contributed by atoms with van der Waals surface area (Å²) in [7, 11) is 0. The van der Waals surface area contributed by atoms with Gasteiger partial charge in [0.05, 0.1) is 16.1 Å². The van der Waals surface area contributed by atoms with Crippen molar-refractivity contribution < 1.29 is 19.1 Å². The number of benzene rings is 2. The summed E-state index contributed by atoms with van der Waals surface area (Å²) in [5.41, 5.74) is 4.97. The molecule has 2 rings (SSSR count). The second-order valence-electron chi connectivity index (χ2n) is 5.53. The smallest absolute Gasteiger partial charge is 0.276 e. The predicted molar refractivity (Wildman–Crippen MR) is 102 cm³/mol. The zero-order valence-corrected chi connectivity index (χ0v) is 16.6. The predicted octanol–water partition coefficient (Wildman–Crippen LogP) is 3.73. The molecular formula is C18H18BrClN2O4. The van der Waals surface area contributed by atoms with Crippen molar-refractivity contribution in [1.82, 2.24) is 10.9 Å². The maximum atomic E-state index is 12.2. The molecule has 2 N–H and O–H groups in total. The minimum absolute atomic E-state index is 0.0789. The minimum Gasteiger partial charge on any atom is -0.490 e. The Labute approximate surface area is 164 Å². The van der Waals surface area contributed by atoms with E-state index in [9.17, 15) is 9.59 Å². The SMILES string of the molecule is CC(C)Oc1ccccc1C(=O)NNC(=O)COc1ccc(Cl)cc1Br. The molecule has 8 heteroatoms. The Morgan fingerprint density at radius 3 is 2.54 bits per heavy atom. The van der Waals surface area contributed by atoms with Gasteiger partial charge in [0.2, 0.25) is 0 Å². The van der Waals surface area contributed by atoms with Crippen molar-refractivity contribution in [2.45, 2.75) is 20.0 Å². The van der Waals surface area contributed by atoms with Gasteiger partial charge in [-0.15, -0.1) is 0 Å². The summed E-state index contributed by atoms with van der Waals surface area (Å²) >= 11 is 9.14. The molecule has 0 heterocycles. The first-order chi connectivity index (χ1) is 12.4. The number of rotatable bonds is 6. The number of ether oxygens (including phenoxy) is 2. The molecule has 0 fully saturated rings. The van der Waals surface area contributed by atoms with Crippen LogP contribution in [0.4, 0.5) is 0 Å². The molecule has 0 aromatic heterocycles. The number of hydrazine groups is 1. The van der Waals surface area contributed by atoms with Gasteiger partial charge in [-0.1, -0.05) is 23.7 Å². The highest BCUT2D eigenvalue weighted by Gasteiger charge is 2.14. The molecule has 2 aromatic rings. The summed E-state index contributed by atoms with van der Waals surface area (Å²) < 4.78 is 11.6. The van der Waals surface area contributed by atoms with Crippen LogP contribution in [0.3, 0.4) is 0 Å². The summed E-state index contributed by atoms with van der Waals surface area (Å²) in [4.78, 5) is 24.1. The lowest BCUT2D eigenvalue weighted by atomic mass is 10.2. The lowest BCUT2D eigenvalue weighted by molar-refractivity contribution is -0.123. The van der Waals surface area contributed by atoms with E-state index in [1.807, 2.05) is 13.8 Å². The number of hydrogen-bond acceptors (Lipinski definition) is 4. The highest BCUT2D eigenvalue weighted by Crippen LogP contribution is 2.27. The third-order valence-electron chi connectivity index (χ3n) is 3.06. The molecule has 0 aliphatic carbocycles. The molecule has 2 amide bonds. The van der Waals surface area contributed by atoms with Crippen LogP contribution in [-0.4, -0.2) is 24.5 Å². The van der Waals surface area contributed by atoms with E-state index in [0.717, 1.165) is 0 Å². The number of amides is 2. The normalized spacial score (nSPS) is 10.3. The van der Waals surface area contributed by atoms with Gasteiger partial charge in [-0.05, 0) is 60.1 Å². The molecule has 0 aliphatic heterocycles. The largest absolute Gasteiger partial charge is 0.490 e. The first-order valence-corrected chi connectivity index (χ1v) is 8.96. The van der Waals surface area contributed by atoms with Gasteiger partial charge in [-0.2, -0.15) is 0 Å². The van der Waals surface area contributed by atoms with Crippen LogP contribution in [0.5, 0.6) is 11.5 Å². The zero-order chi connectivity index (χ0) is 19.1. The van der Waals surface area contributed by atoms with E-state index in [0.29, 0.717) is 26.6 Å². The molecule has 0 atom stereocenters. The summed E-state index contributed by atoms with van der Waals surface area (Å²) in [5, 5.41) is 0.545. The Morgan fingerprint density at radius 2 is 1.85 bits per heavy atom. The van der Waals surface area contributed by atoms with Gasteiger partial charge in [0, 0.05) is 5.02 Å². The third-order valence-corrected chi connectivity index (χ3v) is 3.92. The van der Waals surface area contributed by atoms with E-state index in [-0.39, 0.29) is 12.7 Å². The Kier molecular flexibility index (Phi) is 7.29. The number of nitrogens with one attached hydrogen (secondary N) is 2. The van der Waals surface area contributed by atoms with Crippen LogP contribution in [0.2, 0.25) is 5.02 Å². The van der Waals surface area contributed by atoms with Gasteiger partial charge in [-0.3, -0.25) is 20.4 Å². The fourth-order valence-electron chi connectivity index (χ4n) is 1.98. The number of halogens is 2. The average molecular weight is 442 g/mol. The fraction of sp³-hybridized carbons (Fsp3) is 0.222. The van der Waals surface area contributed by atoms with Crippen molar-refractivity contribution in [3.05, 3.63) is 57.5 Å². The van der Waals surface area contributed by atoms with Gasteiger partial charge >= 0.3 is 0 Å². The average Bonchev–Trinajstić information content (AvgIpc) is 2.59. The lowest BCUT2D eigenvalue weighted by Gasteiger charge is -2.14. The molecule has 6 nitrogen and oxygen atoms in total. The molecule has 0 bridgehead atoms. The number of para-hydroxylation sites is 1. The molecule has 26 heavy (non-hydrogen) atoms. The first kappa shape index (κ1) is 20.1. The monoisotopic (exact) mass is 440 g/mol. The van der Waals surface area contributed by atoms with Crippen LogP contribution < -0.4 is 20.3 Å². The van der Waals surface area contributed by atoms with Crippen LogP contribution in [-0.2, 0) is 4.79 Å². The zero-order valence-electron chi connectivity index (χ0n) is 14.2. The Hall–Kier alpha value is -2.25. The van der Waals surface area contributed by atoms with E-state index in [1.54, 1.807) is 42.5 Å². The van der Waals surface area contributed by atoms with Crippen molar-refractivity contribution in [2.75, 3.05) is 6.61 Å². The summed E-state index contributed by atoms with van der Waals surface area (Å²) in [6, 6.07) is 11.7. The minimum atomic E-state index is -0.512. The van der Waals surface area contributed by atoms with Crippen LogP contribution >= 0.6 is 27.5 Å². The topological polar surface area (TPSA) is 76.7 Å².